The molecule has 0 aliphatic carbocycles. The number of nitriles is 1. The van der Waals surface area contributed by atoms with Crippen LogP contribution in [0.4, 0.5) is 0 Å². The predicted molar refractivity (Wildman–Crippen MR) is 186 cm³/mol. The standard InChI is InChI=1S/C37H28ClN3O4S2/c1-3-44-36(43)32-33(23-9-5-4-6-10-23)40-37-41(34(32)24-13-16-29(46-2)17-14-24)35(42)31(47-37)20-27-19-28(38)15-18-30(27)45-22-26-12-8-7-11-25(26)21-39/h4-20,34H,3,22H2,1-2H3/b31-20-/t34-/m1/s1. The molecule has 10 heteroatoms. The van der Waals surface area contributed by atoms with Gasteiger partial charge < -0.3 is 9.47 Å². The highest BCUT2D eigenvalue weighted by molar-refractivity contribution is 7.98. The van der Waals surface area contributed by atoms with Crippen molar-refractivity contribution in [2.24, 2.45) is 4.99 Å². The average molecular weight is 678 g/mol. The van der Waals surface area contributed by atoms with Crippen LogP contribution in [0.3, 0.4) is 0 Å². The highest BCUT2D eigenvalue weighted by atomic mass is 35.5. The molecule has 0 amide bonds. The van der Waals surface area contributed by atoms with Crippen LogP contribution in [-0.4, -0.2) is 23.4 Å². The van der Waals surface area contributed by atoms with Gasteiger partial charge in [-0.15, -0.1) is 11.8 Å². The number of esters is 1. The Morgan fingerprint density at radius 3 is 2.53 bits per heavy atom. The minimum atomic E-state index is -0.781. The first kappa shape index (κ1) is 32.1. The summed E-state index contributed by atoms with van der Waals surface area (Å²) in [5, 5.41) is 9.98. The first-order chi connectivity index (χ1) is 22.9. The van der Waals surface area contributed by atoms with Gasteiger partial charge in [-0.25, -0.2) is 9.79 Å². The molecular formula is C37H28ClN3O4S2. The number of halogens is 1. The number of nitrogens with zero attached hydrogens (tertiary/aromatic N) is 3. The van der Waals surface area contributed by atoms with E-state index in [0.29, 0.717) is 36.9 Å². The maximum absolute atomic E-state index is 14.3. The monoisotopic (exact) mass is 677 g/mol. The second-order valence-electron chi connectivity index (χ2n) is 10.4. The molecule has 1 aromatic heterocycles. The zero-order valence-corrected chi connectivity index (χ0v) is 27.9. The van der Waals surface area contributed by atoms with Crippen LogP contribution in [0.5, 0.6) is 5.75 Å². The number of thioether (sulfide) groups is 1. The van der Waals surface area contributed by atoms with Crippen LogP contribution in [0.1, 0.15) is 40.8 Å². The molecule has 234 valence electrons. The third kappa shape index (κ3) is 6.67. The van der Waals surface area contributed by atoms with Crippen molar-refractivity contribution in [3.8, 4) is 11.8 Å². The van der Waals surface area contributed by atoms with E-state index in [9.17, 15) is 14.9 Å². The molecule has 0 unspecified atom stereocenters. The van der Waals surface area contributed by atoms with Gasteiger partial charge in [0, 0.05) is 26.6 Å². The number of benzene rings is 4. The van der Waals surface area contributed by atoms with Crippen LogP contribution >= 0.6 is 34.7 Å². The molecule has 0 radical (unpaired) electrons. The van der Waals surface area contributed by atoms with E-state index in [-0.39, 0.29) is 24.3 Å². The molecule has 1 aliphatic rings. The summed E-state index contributed by atoms with van der Waals surface area (Å²) >= 11 is 9.24. The van der Waals surface area contributed by atoms with Crippen LogP contribution in [0.25, 0.3) is 11.8 Å². The van der Waals surface area contributed by atoms with E-state index in [1.165, 1.54) is 11.3 Å². The lowest BCUT2D eigenvalue weighted by molar-refractivity contribution is -0.138. The zero-order chi connectivity index (χ0) is 32.9. The fourth-order valence-corrected chi connectivity index (χ4v) is 6.94. The van der Waals surface area contributed by atoms with E-state index in [0.717, 1.165) is 21.6 Å². The van der Waals surface area contributed by atoms with Crippen molar-refractivity contribution in [3.63, 3.8) is 0 Å². The molecule has 4 aromatic carbocycles. The van der Waals surface area contributed by atoms with E-state index in [2.05, 4.69) is 6.07 Å². The highest BCUT2D eigenvalue weighted by Gasteiger charge is 2.35. The number of rotatable bonds is 9. The Morgan fingerprint density at radius 1 is 1.06 bits per heavy atom. The van der Waals surface area contributed by atoms with Crippen molar-refractivity contribution in [3.05, 3.63) is 155 Å². The van der Waals surface area contributed by atoms with Crippen LogP contribution < -0.4 is 19.6 Å². The molecule has 5 aromatic rings. The Kier molecular flexibility index (Phi) is 9.73. The summed E-state index contributed by atoms with van der Waals surface area (Å²) in [6, 6.07) is 31.1. The van der Waals surface area contributed by atoms with Gasteiger partial charge in [-0.3, -0.25) is 9.36 Å². The van der Waals surface area contributed by atoms with Crippen molar-refractivity contribution in [2.75, 3.05) is 12.9 Å². The van der Waals surface area contributed by atoms with Gasteiger partial charge in [-0.05, 0) is 61.2 Å². The molecule has 0 fully saturated rings. The molecule has 0 spiro atoms. The van der Waals surface area contributed by atoms with Crippen molar-refractivity contribution in [1.82, 2.24) is 4.57 Å². The third-order valence-electron chi connectivity index (χ3n) is 7.58. The summed E-state index contributed by atoms with van der Waals surface area (Å²) in [5.41, 5.74) is 3.77. The van der Waals surface area contributed by atoms with Gasteiger partial charge in [0.15, 0.2) is 4.80 Å². The maximum Gasteiger partial charge on any atom is 0.338 e. The summed E-state index contributed by atoms with van der Waals surface area (Å²) in [6.45, 7) is 2.08. The largest absolute Gasteiger partial charge is 0.488 e. The van der Waals surface area contributed by atoms with Crippen molar-refractivity contribution >= 4 is 52.4 Å². The molecule has 1 atom stereocenters. The fourth-order valence-electron chi connectivity index (χ4n) is 5.36. The zero-order valence-electron chi connectivity index (χ0n) is 25.5. The van der Waals surface area contributed by atoms with Gasteiger partial charge in [0.25, 0.3) is 5.56 Å². The lowest BCUT2D eigenvalue weighted by Crippen LogP contribution is -2.40. The lowest BCUT2D eigenvalue weighted by Gasteiger charge is -2.26. The van der Waals surface area contributed by atoms with Crippen molar-refractivity contribution < 1.29 is 14.3 Å². The number of hydrogen-bond donors (Lipinski definition) is 0. The number of fused-ring (bicyclic) bond motifs is 1. The highest BCUT2D eigenvalue weighted by Crippen LogP contribution is 2.36. The van der Waals surface area contributed by atoms with E-state index >= 15 is 0 Å². The Balaban J connectivity index is 1.54. The molecule has 0 N–H and O–H groups in total. The third-order valence-corrected chi connectivity index (χ3v) is 9.55. The number of thiazole rings is 1. The van der Waals surface area contributed by atoms with E-state index in [4.69, 9.17) is 26.1 Å². The Hall–Kier alpha value is -4.88. The molecular weight excluding hydrogens is 650 g/mol. The van der Waals surface area contributed by atoms with Gasteiger partial charge in [0.05, 0.1) is 40.1 Å². The summed E-state index contributed by atoms with van der Waals surface area (Å²) in [4.78, 5) is 34.5. The number of ether oxygens (including phenoxy) is 2. The second kappa shape index (κ2) is 14.3. The van der Waals surface area contributed by atoms with Gasteiger partial charge in [-0.2, -0.15) is 5.26 Å². The number of carbonyl (C=O) groups is 1. The maximum atomic E-state index is 14.3. The van der Waals surface area contributed by atoms with Crippen molar-refractivity contribution in [1.29, 1.82) is 5.26 Å². The normalized spacial score (nSPS) is 14.3. The molecule has 0 bridgehead atoms. The number of hydrogen-bond acceptors (Lipinski definition) is 8. The quantitative estimate of drug-likeness (QED) is 0.126. The first-order valence-electron chi connectivity index (χ1n) is 14.7. The minimum absolute atomic E-state index is 0.156. The van der Waals surface area contributed by atoms with Crippen LogP contribution in [0.2, 0.25) is 5.02 Å². The molecule has 47 heavy (non-hydrogen) atoms. The summed E-state index contributed by atoms with van der Waals surface area (Å²) in [5.74, 6) is -0.0409. The number of aromatic nitrogens is 1. The summed E-state index contributed by atoms with van der Waals surface area (Å²) < 4.78 is 13.7. The molecule has 0 saturated carbocycles. The topological polar surface area (TPSA) is 93.7 Å². The van der Waals surface area contributed by atoms with E-state index in [1.807, 2.05) is 73.0 Å². The molecule has 2 heterocycles. The van der Waals surface area contributed by atoms with Crippen molar-refractivity contribution in [2.45, 2.75) is 24.5 Å². The Labute approximate surface area is 284 Å². The van der Waals surface area contributed by atoms with E-state index in [1.54, 1.807) is 59.7 Å². The molecule has 0 saturated heterocycles. The molecule has 7 nitrogen and oxygen atoms in total. The lowest BCUT2D eigenvalue weighted by atomic mass is 9.93. The van der Waals surface area contributed by atoms with Gasteiger partial charge in [0.1, 0.15) is 12.4 Å². The van der Waals surface area contributed by atoms with Crippen LogP contribution in [0, 0.1) is 11.3 Å². The van der Waals surface area contributed by atoms with Gasteiger partial charge in [0.2, 0.25) is 0 Å². The van der Waals surface area contributed by atoms with E-state index < -0.39 is 12.0 Å². The minimum Gasteiger partial charge on any atom is -0.488 e. The van der Waals surface area contributed by atoms with Crippen LogP contribution in [0.15, 0.2) is 117 Å². The fraction of sp³-hybridized carbons (Fsp3) is 0.135. The first-order valence-corrected chi connectivity index (χ1v) is 17.2. The SMILES string of the molecule is CCOC(=O)C1=C(c2ccccc2)N=c2s/c(=C\c3cc(Cl)ccc3OCc3ccccc3C#N)c(=O)n2[C@@H]1c1ccc(SC)cc1. The second-order valence-corrected chi connectivity index (χ2v) is 12.8. The Morgan fingerprint density at radius 2 is 1.81 bits per heavy atom. The molecule has 6 rings (SSSR count). The smallest absolute Gasteiger partial charge is 0.338 e. The number of carbonyl (C=O) groups excluding carboxylic acids is 1. The summed E-state index contributed by atoms with van der Waals surface area (Å²) in [6.07, 6.45) is 3.72. The Bertz CT molecular complexity index is 2220. The molecule has 1 aliphatic heterocycles. The average Bonchev–Trinajstić information content (AvgIpc) is 3.41. The summed E-state index contributed by atoms with van der Waals surface area (Å²) in [7, 11) is 0. The predicted octanol–water partition coefficient (Wildman–Crippen LogP) is 6.76. The van der Waals surface area contributed by atoms with Crippen LogP contribution in [-0.2, 0) is 16.1 Å². The van der Waals surface area contributed by atoms with Gasteiger partial charge >= 0.3 is 5.97 Å². The van der Waals surface area contributed by atoms with Gasteiger partial charge in [-0.1, -0.05) is 83.6 Å².